The molecule has 0 saturated carbocycles. The van der Waals surface area contributed by atoms with E-state index in [1.54, 1.807) is 16.7 Å². The molecule has 1 spiro atoms. The Balaban J connectivity index is 1.49. The average molecular weight is 510 g/mol. The molecule has 0 aliphatic carbocycles. The first-order valence-corrected chi connectivity index (χ1v) is 13.9. The third-order valence-electron chi connectivity index (χ3n) is 7.91. The van der Waals surface area contributed by atoms with Gasteiger partial charge in [0.05, 0.1) is 23.2 Å². The predicted octanol–water partition coefficient (Wildman–Crippen LogP) is 2.46. The Labute approximate surface area is 217 Å². The van der Waals surface area contributed by atoms with Crippen LogP contribution in [0.2, 0.25) is 0 Å². The maximum absolute atomic E-state index is 14.0. The number of thioether (sulfide) groups is 1. The van der Waals surface area contributed by atoms with Crippen molar-refractivity contribution in [1.29, 1.82) is 0 Å². The Morgan fingerprint density at radius 2 is 1.75 bits per heavy atom. The number of aliphatic hydroxyl groups excluding tert-OH is 1. The number of benzene rings is 1. The lowest BCUT2D eigenvalue weighted by Crippen LogP contribution is -2.53. The van der Waals surface area contributed by atoms with Crippen LogP contribution in [0, 0.1) is 11.8 Å². The first-order valence-electron chi connectivity index (χ1n) is 13.1. The molecule has 3 amide bonds. The van der Waals surface area contributed by atoms with Gasteiger partial charge in [-0.25, -0.2) is 0 Å². The second-order valence-corrected chi connectivity index (χ2v) is 11.6. The van der Waals surface area contributed by atoms with Crippen molar-refractivity contribution < 1.29 is 19.5 Å². The highest BCUT2D eigenvalue weighted by molar-refractivity contribution is 8.02. The predicted molar refractivity (Wildman–Crippen MR) is 140 cm³/mol. The second-order valence-electron chi connectivity index (χ2n) is 10.1. The van der Waals surface area contributed by atoms with Gasteiger partial charge in [0.15, 0.2) is 0 Å². The second kappa shape index (κ2) is 10.4. The van der Waals surface area contributed by atoms with Gasteiger partial charge in [-0.3, -0.25) is 14.4 Å². The van der Waals surface area contributed by atoms with Gasteiger partial charge in [0.2, 0.25) is 17.7 Å². The lowest BCUT2D eigenvalue weighted by Gasteiger charge is -2.35. The van der Waals surface area contributed by atoms with Crippen LogP contribution >= 0.6 is 11.8 Å². The van der Waals surface area contributed by atoms with E-state index in [4.69, 9.17) is 0 Å². The number of β-amino-alcohol motifs (C(OH)–C–C–N with tert-alkyl or cyclic N) is 1. The SMILES string of the molecule is CCCCCN1CC=C[C@]23S[C@H]4C=CCN(Cc5ccccc5)C(=O)[C@H]4[C@H]2C(=O)N(CCO)C3C1=O. The number of carbonyl (C=O) groups is 3. The van der Waals surface area contributed by atoms with Crippen LogP contribution in [-0.4, -0.2) is 86.4 Å². The Morgan fingerprint density at radius 3 is 2.50 bits per heavy atom. The van der Waals surface area contributed by atoms with Crippen molar-refractivity contribution >= 4 is 29.5 Å². The molecule has 1 N–H and O–H groups in total. The molecule has 2 fully saturated rings. The van der Waals surface area contributed by atoms with Crippen molar-refractivity contribution in [1.82, 2.24) is 14.7 Å². The van der Waals surface area contributed by atoms with Gasteiger partial charge in [-0.15, -0.1) is 11.8 Å². The van der Waals surface area contributed by atoms with E-state index >= 15 is 0 Å². The van der Waals surface area contributed by atoms with Crippen LogP contribution < -0.4 is 0 Å². The molecule has 4 aliphatic heterocycles. The maximum atomic E-state index is 14.0. The minimum Gasteiger partial charge on any atom is -0.395 e. The van der Waals surface area contributed by atoms with Crippen LogP contribution in [0.1, 0.15) is 31.7 Å². The lowest BCUT2D eigenvalue weighted by atomic mass is 9.78. The molecule has 36 heavy (non-hydrogen) atoms. The molecule has 1 aromatic carbocycles. The summed E-state index contributed by atoms with van der Waals surface area (Å²) in [5.74, 6) is -1.47. The smallest absolute Gasteiger partial charge is 0.247 e. The van der Waals surface area contributed by atoms with Gasteiger partial charge in [0.1, 0.15) is 6.04 Å². The van der Waals surface area contributed by atoms with Gasteiger partial charge < -0.3 is 19.8 Å². The highest BCUT2D eigenvalue weighted by Gasteiger charge is 2.70. The number of hydrogen-bond acceptors (Lipinski definition) is 5. The van der Waals surface area contributed by atoms with Crippen molar-refractivity contribution in [2.24, 2.45) is 11.8 Å². The molecule has 0 aromatic heterocycles. The number of rotatable bonds is 8. The van der Waals surface area contributed by atoms with E-state index in [2.05, 4.69) is 13.0 Å². The number of carbonyl (C=O) groups excluding carboxylic acids is 3. The number of fused-ring (bicyclic) bond motifs is 2. The van der Waals surface area contributed by atoms with Gasteiger partial charge in [0.25, 0.3) is 0 Å². The molecule has 5 atom stereocenters. The summed E-state index contributed by atoms with van der Waals surface area (Å²) >= 11 is 1.59. The minimum atomic E-state index is -0.812. The van der Waals surface area contributed by atoms with Crippen LogP contribution in [0.3, 0.4) is 0 Å². The highest BCUT2D eigenvalue weighted by atomic mass is 32.2. The molecule has 8 heteroatoms. The molecular weight excluding hydrogens is 474 g/mol. The van der Waals surface area contributed by atoms with Crippen LogP contribution in [0.5, 0.6) is 0 Å². The summed E-state index contributed by atoms with van der Waals surface area (Å²) in [4.78, 5) is 47.1. The van der Waals surface area contributed by atoms with Gasteiger partial charge in [-0.1, -0.05) is 74.4 Å². The molecular formula is C28H35N3O4S. The minimum absolute atomic E-state index is 0.0360. The summed E-state index contributed by atoms with van der Waals surface area (Å²) in [7, 11) is 0. The van der Waals surface area contributed by atoms with E-state index in [0.717, 1.165) is 24.8 Å². The molecule has 1 unspecified atom stereocenters. The van der Waals surface area contributed by atoms with Gasteiger partial charge >= 0.3 is 0 Å². The van der Waals surface area contributed by atoms with Crippen molar-refractivity contribution in [3.05, 3.63) is 60.2 Å². The van der Waals surface area contributed by atoms with E-state index < -0.39 is 22.6 Å². The van der Waals surface area contributed by atoms with Crippen molar-refractivity contribution in [3.8, 4) is 0 Å². The Bertz CT molecular complexity index is 1060. The summed E-state index contributed by atoms with van der Waals surface area (Å²) in [5, 5.41) is 9.63. The fraction of sp³-hybridized carbons (Fsp3) is 0.536. The fourth-order valence-electron chi connectivity index (χ4n) is 6.28. The summed E-state index contributed by atoms with van der Waals surface area (Å²) in [6.45, 7) is 4.15. The largest absolute Gasteiger partial charge is 0.395 e. The van der Waals surface area contributed by atoms with Crippen LogP contribution in [0.25, 0.3) is 0 Å². The molecule has 0 bridgehead atoms. The normalized spacial score (nSPS) is 31.4. The number of hydrogen-bond donors (Lipinski definition) is 1. The molecule has 4 heterocycles. The van der Waals surface area contributed by atoms with E-state index in [-0.39, 0.29) is 36.1 Å². The fourth-order valence-corrected chi connectivity index (χ4v) is 8.29. The molecule has 2 saturated heterocycles. The van der Waals surface area contributed by atoms with Crippen molar-refractivity contribution in [3.63, 3.8) is 0 Å². The maximum Gasteiger partial charge on any atom is 0.247 e. The molecule has 1 aromatic rings. The number of aliphatic hydroxyl groups is 1. The number of amides is 3. The third-order valence-corrected chi connectivity index (χ3v) is 9.66. The van der Waals surface area contributed by atoms with E-state index in [0.29, 0.717) is 26.2 Å². The van der Waals surface area contributed by atoms with Gasteiger partial charge in [-0.05, 0) is 12.0 Å². The lowest BCUT2D eigenvalue weighted by molar-refractivity contribution is -0.144. The van der Waals surface area contributed by atoms with Gasteiger partial charge in [0, 0.05) is 38.0 Å². The monoisotopic (exact) mass is 509 g/mol. The van der Waals surface area contributed by atoms with Crippen LogP contribution in [-0.2, 0) is 20.9 Å². The zero-order chi connectivity index (χ0) is 25.3. The van der Waals surface area contributed by atoms with Gasteiger partial charge in [-0.2, -0.15) is 0 Å². The quantitative estimate of drug-likeness (QED) is 0.430. The first kappa shape index (κ1) is 25.1. The topological polar surface area (TPSA) is 81.2 Å². The Hall–Kier alpha value is -2.58. The zero-order valence-corrected chi connectivity index (χ0v) is 21.6. The summed E-state index contributed by atoms with van der Waals surface area (Å²) in [5.41, 5.74) is 1.04. The van der Waals surface area contributed by atoms with Crippen LogP contribution in [0.15, 0.2) is 54.6 Å². The highest BCUT2D eigenvalue weighted by Crippen LogP contribution is 2.61. The molecule has 0 radical (unpaired) electrons. The van der Waals surface area contributed by atoms with Crippen molar-refractivity contribution in [2.75, 3.05) is 32.8 Å². The first-order chi connectivity index (χ1) is 17.5. The average Bonchev–Trinajstić information content (AvgIpc) is 3.19. The number of unbranched alkanes of at least 4 members (excludes halogenated alkanes) is 2. The molecule has 4 aliphatic rings. The van der Waals surface area contributed by atoms with E-state index in [1.807, 2.05) is 58.4 Å². The standard InChI is InChI=1S/C28H35N3O4S/c1-2-3-7-14-29-16-9-13-28-23(26(34)31(17-18-32)24(28)27(29)35)22-21(36-28)12-8-15-30(25(22)33)19-20-10-5-4-6-11-20/h4-6,8-13,21-24,32H,2-3,7,14-19H2,1H3/t21-,22+,23-,24?,28-/m0/s1. The summed E-state index contributed by atoms with van der Waals surface area (Å²) < 4.78 is -0.812. The third kappa shape index (κ3) is 4.18. The molecule has 7 nitrogen and oxygen atoms in total. The van der Waals surface area contributed by atoms with E-state index in [1.165, 1.54) is 0 Å². The Morgan fingerprint density at radius 1 is 0.972 bits per heavy atom. The van der Waals surface area contributed by atoms with Crippen molar-refractivity contribution in [2.45, 2.75) is 48.8 Å². The molecule has 192 valence electrons. The number of likely N-dealkylation sites (tertiary alicyclic amines) is 1. The summed E-state index contributed by atoms with van der Waals surface area (Å²) in [6, 6.07) is 9.18. The van der Waals surface area contributed by atoms with Crippen LogP contribution in [0.4, 0.5) is 0 Å². The molecule has 5 rings (SSSR count). The zero-order valence-electron chi connectivity index (χ0n) is 20.8. The Kier molecular flexibility index (Phi) is 7.26. The number of nitrogens with zero attached hydrogens (tertiary/aromatic N) is 3. The van der Waals surface area contributed by atoms with E-state index in [9.17, 15) is 19.5 Å². The summed E-state index contributed by atoms with van der Waals surface area (Å²) in [6.07, 6.45) is 11.2.